The molecular formula is C19H15IN2O3S. The number of thioether (sulfide) groups is 1. The van der Waals surface area contributed by atoms with Gasteiger partial charge in [-0.3, -0.25) is 19.3 Å². The number of carbonyl (C=O) groups is 3. The fourth-order valence-electron chi connectivity index (χ4n) is 2.42. The van der Waals surface area contributed by atoms with Crippen LogP contribution in [0, 0.1) is 3.57 Å². The summed E-state index contributed by atoms with van der Waals surface area (Å²) >= 11 is 3.01. The Hall–Kier alpha value is -2.13. The topological polar surface area (TPSA) is 66.5 Å². The maximum Gasteiger partial charge on any atom is 0.293 e. The van der Waals surface area contributed by atoms with E-state index in [-0.39, 0.29) is 30.1 Å². The number of nitrogens with one attached hydrogen (secondary N) is 1. The van der Waals surface area contributed by atoms with Crippen LogP contribution < -0.4 is 5.32 Å². The number of benzene rings is 2. The molecule has 3 amide bonds. The minimum absolute atomic E-state index is 0.145. The molecule has 0 saturated carbocycles. The normalized spacial score (nSPS) is 15.6. The molecule has 26 heavy (non-hydrogen) atoms. The van der Waals surface area contributed by atoms with Crippen LogP contribution in [0.15, 0.2) is 59.5 Å². The molecule has 2 aromatic rings. The lowest BCUT2D eigenvalue weighted by molar-refractivity contribution is -0.122. The predicted octanol–water partition coefficient (Wildman–Crippen LogP) is 3.76. The maximum atomic E-state index is 12.4. The average molecular weight is 478 g/mol. The molecule has 132 valence electrons. The van der Waals surface area contributed by atoms with Gasteiger partial charge < -0.3 is 5.32 Å². The molecule has 0 aromatic heterocycles. The van der Waals surface area contributed by atoms with Gasteiger partial charge in [0.25, 0.3) is 17.1 Å². The molecule has 0 unspecified atom stereocenters. The number of hydrogen-bond donors (Lipinski definition) is 1. The summed E-state index contributed by atoms with van der Waals surface area (Å²) in [5.74, 6) is -0.547. The van der Waals surface area contributed by atoms with Crippen LogP contribution in [-0.2, 0) is 4.79 Å². The Kier molecular flexibility index (Phi) is 6.10. The second-order valence-electron chi connectivity index (χ2n) is 5.48. The average Bonchev–Trinajstić information content (AvgIpc) is 2.90. The molecule has 1 aliphatic heterocycles. The van der Waals surface area contributed by atoms with Gasteiger partial charge in [0.15, 0.2) is 0 Å². The third-order valence-corrected chi connectivity index (χ3v) is 5.56. The molecule has 1 aliphatic rings. The Morgan fingerprint density at radius 1 is 1.08 bits per heavy atom. The van der Waals surface area contributed by atoms with E-state index < -0.39 is 0 Å². The largest absolute Gasteiger partial charge is 0.350 e. The van der Waals surface area contributed by atoms with Crippen molar-refractivity contribution in [2.45, 2.75) is 0 Å². The Labute approximate surface area is 169 Å². The van der Waals surface area contributed by atoms with Crippen LogP contribution in [0.2, 0.25) is 0 Å². The quantitative estimate of drug-likeness (QED) is 0.525. The van der Waals surface area contributed by atoms with Crippen molar-refractivity contribution in [1.82, 2.24) is 10.2 Å². The predicted molar refractivity (Wildman–Crippen MR) is 111 cm³/mol. The molecular weight excluding hydrogens is 463 g/mol. The van der Waals surface area contributed by atoms with Gasteiger partial charge >= 0.3 is 0 Å². The lowest BCUT2D eigenvalue weighted by Gasteiger charge is -2.13. The highest BCUT2D eigenvalue weighted by Crippen LogP contribution is 2.31. The SMILES string of the molecule is O=C(NCCN1C(=O)S/C(=C\c2ccccc2)C1=O)c1ccccc1I. The summed E-state index contributed by atoms with van der Waals surface area (Å²) in [4.78, 5) is 38.3. The van der Waals surface area contributed by atoms with E-state index in [0.29, 0.717) is 10.5 Å². The second-order valence-corrected chi connectivity index (χ2v) is 7.64. The van der Waals surface area contributed by atoms with Gasteiger partial charge in [0.2, 0.25) is 0 Å². The third-order valence-electron chi connectivity index (χ3n) is 3.71. The molecule has 7 heteroatoms. The van der Waals surface area contributed by atoms with Gasteiger partial charge in [-0.1, -0.05) is 42.5 Å². The first kappa shape index (κ1) is 18.7. The van der Waals surface area contributed by atoms with E-state index in [1.807, 2.05) is 42.5 Å². The summed E-state index contributed by atoms with van der Waals surface area (Å²) in [6, 6.07) is 16.6. The number of imide groups is 1. The lowest BCUT2D eigenvalue weighted by atomic mass is 10.2. The molecule has 0 radical (unpaired) electrons. The molecule has 1 N–H and O–H groups in total. The smallest absolute Gasteiger partial charge is 0.293 e. The molecule has 3 rings (SSSR count). The number of halogens is 1. The number of rotatable bonds is 5. The van der Waals surface area contributed by atoms with Crippen LogP contribution >= 0.6 is 34.4 Å². The van der Waals surface area contributed by atoms with Crippen molar-refractivity contribution in [2.24, 2.45) is 0 Å². The summed E-state index contributed by atoms with van der Waals surface area (Å²) in [6.45, 7) is 0.354. The molecule has 1 fully saturated rings. The third kappa shape index (κ3) is 4.34. The Balaban J connectivity index is 1.59. The van der Waals surface area contributed by atoms with E-state index in [1.165, 1.54) is 0 Å². The minimum atomic E-state index is -0.326. The number of hydrogen-bond acceptors (Lipinski definition) is 4. The zero-order valence-corrected chi connectivity index (χ0v) is 16.6. The zero-order valence-electron chi connectivity index (χ0n) is 13.6. The van der Waals surface area contributed by atoms with E-state index in [1.54, 1.807) is 18.2 Å². The van der Waals surface area contributed by atoms with Gasteiger partial charge in [-0.2, -0.15) is 0 Å². The van der Waals surface area contributed by atoms with E-state index in [9.17, 15) is 14.4 Å². The van der Waals surface area contributed by atoms with Crippen molar-refractivity contribution in [3.63, 3.8) is 0 Å². The van der Waals surface area contributed by atoms with Crippen LogP contribution in [-0.4, -0.2) is 35.0 Å². The van der Waals surface area contributed by atoms with Crippen molar-refractivity contribution < 1.29 is 14.4 Å². The molecule has 1 saturated heterocycles. The van der Waals surface area contributed by atoms with E-state index >= 15 is 0 Å². The second kappa shape index (κ2) is 8.50. The first-order valence-electron chi connectivity index (χ1n) is 7.89. The van der Waals surface area contributed by atoms with Gasteiger partial charge in [0, 0.05) is 16.7 Å². The Morgan fingerprint density at radius 2 is 1.77 bits per heavy atom. The molecule has 5 nitrogen and oxygen atoms in total. The highest BCUT2D eigenvalue weighted by molar-refractivity contribution is 14.1. The first-order valence-corrected chi connectivity index (χ1v) is 9.79. The van der Waals surface area contributed by atoms with Gasteiger partial charge in [-0.05, 0) is 58.1 Å². The van der Waals surface area contributed by atoms with Crippen LogP contribution in [0.3, 0.4) is 0 Å². The molecule has 0 spiro atoms. The van der Waals surface area contributed by atoms with E-state index in [0.717, 1.165) is 25.8 Å². The Morgan fingerprint density at radius 3 is 2.50 bits per heavy atom. The van der Waals surface area contributed by atoms with Gasteiger partial charge in [-0.25, -0.2) is 0 Å². The van der Waals surface area contributed by atoms with Crippen molar-refractivity contribution in [1.29, 1.82) is 0 Å². The van der Waals surface area contributed by atoms with Crippen LogP contribution in [0.25, 0.3) is 6.08 Å². The summed E-state index contributed by atoms with van der Waals surface area (Å²) in [5.41, 5.74) is 1.44. The lowest BCUT2D eigenvalue weighted by Crippen LogP contribution is -2.37. The molecule has 0 bridgehead atoms. The Bertz CT molecular complexity index is 883. The molecule has 2 aromatic carbocycles. The van der Waals surface area contributed by atoms with Gasteiger partial charge in [-0.15, -0.1) is 0 Å². The molecule has 0 atom stereocenters. The number of amides is 3. The summed E-state index contributed by atoms with van der Waals surface area (Å²) in [7, 11) is 0. The van der Waals surface area contributed by atoms with Crippen LogP contribution in [0.5, 0.6) is 0 Å². The van der Waals surface area contributed by atoms with Crippen molar-refractivity contribution in [3.05, 3.63) is 74.2 Å². The summed E-state index contributed by atoms with van der Waals surface area (Å²) < 4.78 is 0.847. The maximum absolute atomic E-state index is 12.4. The van der Waals surface area contributed by atoms with E-state index in [2.05, 4.69) is 27.9 Å². The van der Waals surface area contributed by atoms with Crippen molar-refractivity contribution >= 4 is 57.5 Å². The van der Waals surface area contributed by atoms with Crippen LogP contribution in [0.1, 0.15) is 15.9 Å². The fraction of sp³-hybridized carbons (Fsp3) is 0.105. The molecule has 0 aliphatic carbocycles. The summed E-state index contributed by atoms with van der Waals surface area (Å²) in [5, 5.41) is 2.43. The standard InChI is InChI=1S/C19H15IN2O3S/c20-15-9-5-4-8-14(15)17(23)21-10-11-22-18(24)16(26-19(22)25)12-13-6-2-1-3-7-13/h1-9,12H,10-11H2,(H,21,23)/b16-12-. The van der Waals surface area contributed by atoms with Gasteiger partial charge in [0.1, 0.15) is 0 Å². The highest BCUT2D eigenvalue weighted by Gasteiger charge is 2.34. The first-order chi connectivity index (χ1) is 12.6. The summed E-state index contributed by atoms with van der Waals surface area (Å²) in [6.07, 6.45) is 1.70. The van der Waals surface area contributed by atoms with E-state index in [4.69, 9.17) is 0 Å². The fourth-order valence-corrected chi connectivity index (χ4v) is 3.91. The van der Waals surface area contributed by atoms with Crippen molar-refractivity contribution in [3.8, 4) is 0 Å². The highest BCUT2D eigenvalue weighted by atomic mass is 127. The zero-order chi connectivity index (χ0) is 18.5. The number of nitrogens with zero attached hydrogens (tertiary/aromatic N) is 1. The van der Waals surface area contributed by atoms with Crippen LogP contribution in [0.4, 0.5) is 4.79 Å². The van der Waals surface area contributed by atoms with Gasteiger partial charge in [0.05, 0.1) is 10.5 Å². The minimum Gasteiger partial charge on any atom is -0.350 e. The van der Waals surface area contributed by atoms with Crippen molar-refractivity contribution in [2.75, 3.05) is 13.1 Å². The molecule has 1 heterocycles. The monoisotopic (exact) mass is 478 g/mol. The number of carbonyl (C=O) groups excluding carboxylic acids is 3.